The van der Waals surface area contributed by atoms with Gasteiger partial charge in [-0.25, -0.2) is 4.79 Å². The van der Waals surface area contributed by atoms with E-state index in [1.54, 1.807) is 0 Å². The lowest BCUT2D eigenvalue weighted by atomic mass is 9.92. The third kappa shape index (κ3) is 9.86. The van der Waals surface area contributed by atoms with Gasteiger partial charge >= 0.3 is 5.97 Å². The van der Waals surface area contributed by atoms with Gasteiger partial charge in [-0.3, -0.25) is 4.79 Å². The van der Waals surface area contributed by atoms with Gasteiger partial charge in [0.1, 0.15) is 0 Å². The summed E-state index contributed by atoms with van der Waals surface area (Å²) in [4.78, 5) is 23.1. The summed E-state index contributed by atoms with van der Waals surface area (Å²) in [6.07, 6.45) is 14.9. The minimum Gasteiger partial charge on any atom is -0.460 e. The topological polar surface area (TPSA) is 63.6 Å². The number of Topliss-reactive ketones (excluding diaryl/α,β-unsaturated/α-hetero) is 1. The molecule has 1 N–H and O–H groups in total. The molecule has 0 aromatic heterocycles. The molecule has 4 nitrogen and oxygen atoms in total. The van der Waals surface area contributed by atoms with Crippen molar-refractivity contribution in [3.05, 3.63) is 11.6 Å². The molecule has 0 bridgehead atoms. The highest BCUT2D eigenvalue weighted by Gasteiger charge is 2.29. The van der Waals surface area contributed by atoms with Crippen LogP contribution in [0.5, 0.6) is 0 Å². The lowest BCUT2D eigenvalue weighted by Crippen LogP contribution is -2.17. The second-order valence-corrected chi connectivity index (χ2v) is 8.47. The first-order valence-electron chi connectivity index (χ1n) is 11.6. The molecule has 0 aliphatic heterocycles. The number of carbonyl (C=O) groups excluding carboxylic acids is 2. The summed E-state index contributed by atoms with van der Waals surface area (Å²) in [5.74, 6) is -0.0297. The normalized spacial score (nSPS) is 21.8. The van der Waals surface area contributed by atoms with Crippen LogP contribution in [0.3, 0.4) is 0 Å². The van der Waals surface area contributed by atoms with Gasteiger partial charge in [0, 0.05) is 12.3 Å². The monoisotopic (exact) mass is 394 g/mol. The molecule has 1 aliphatic rings. The van der Waals surface area contributed by atoms with Crippen molar-refractivity contribution in [2.75, 3.05) is 6.61 Å². The number of aliphatic hydroxyl groups is 1. The van der Waals surface area contributed by atoms with Crippen LogP contribution in [-0.2, 0) is 14.3 Å². The van der Waals surface area contributed by atoms with Crippen LogP contribution in [0.25, 0.3) is 0 Å². The second kappa shape index (κ2) is 14.8. The first kappa shape index (κ1) is 24.9. The fourth-order valence-corrected chi connectivity index (χ4v) is 4.03. The first-order valence-corrected chi connectivity index (χ1v) is 11.6. The van der Waals surface area contributed by atoms with Crippen LogP contribution in [-0.4, -0.2) is 29.6 Å². The molecule has 0 radical (unpaired) electrons. The fourth-order valence-electron chi connectivity index (χ4n) is 4.03. The zero-order valence-corrected chi connectivity index (χ0v) is 18.4. The van der Waals surface area contributed by atoms with Crippen molar-refractivity contribution >= 4 is 11.8 Å². The molecule has 28 heavy (non-hydrogen) atoms. The Morgan fingerprint density at radius 1 is 1.14 bits per heavy atom. The Kier molecular flexibility index (Phi) is 13.1. The highest BCUT2D eigenvalue weighted by Crippen LogP contribution is 2.36. The van der Waals surface area contributed by atoms with E-state index in [0.29, 0.717) is 6.61 Å². The Labute approximate surface area is 172 Å². The number of esters is 1. The molecule has 0 amide bonds. The second-order valence-electron chi connectivity index (χ2n) is 8.47. The van der Waals surface area contributed by atoms with E-state index in [2.05, 4.69) is 19.9 Å². The quantitative estimate of drug-likeness (QED) is 0.166. The van der Waals surface area contributed by atoms with Gasteiger partial charge in [-0.2, -0.15) is 0 Å². The average Bonchev–Trinajstić information content (AvgIpc) is 3.03. The number of allylic oxidation sites excluding steroid dienone is 1. The third-order valence-electron chi connectivity index (χ3n) is 5.87. The summed E-state index contributed by atoms with van der Waals surface area (Å²) in [5.41, 5.74) is 1.44. The van der Waals surface area contributed by atoms with Gasteiger partial charge in [0.2, 0.25) is 5.78 Å². The van der Waals surface area contributed by atoms with E-state index >= 15 is 0 Å². The predicted octanol–water partition coefficient (Wildman–Crippen LogP) is 5.76. The van der Waals surface area contributed by atoms with E-state index in [0.717, 1.165) is 57.3 Å². The minimum atomic E-state index is -0.688. The Morgan fingerprint density at radius 2 is 1.93 bits per heavy atom. The molecule has 162 valence electrons. The van der Waals surface area contributed by atoms with Crippen molar-refractivity contribution in [2.45, 2.75) is 110 Å². The van der Waals surface area contributed by atoms with Gasteiger partial charge in [-0.05, 0) is 50.9 Å². The summed E-state index contributed by atoms with van der Waals surface area (Å²) in [7, 11) is 0. The van der Waals surface area contributed by atoms with Crippen LogP contribution in [0, 0.1) is 11.8 Å². The number of hydrogen-bond acceptors (Lipinski definition) is 4. The van der Waals surface area contributed by atoms with Crippen molar-refractivity contribution in [3.8, 4) is 0 Å². The number of hydrogen-bond donors (Lipinski definition) is 1. The first-order chi connectivity index (χ1) is 13.5. The molecule has 1 rings (SSSR count). The molecule has 3 atom stereocenters. The van der Waals surface area contributed by atoms with Crippen LogP contribution in [0.2, 0.25) is 0 Å². The predicted molar refractivity (Wildman–Crippen MR) is 114 cm³/mol. The van der Waals surface area contributed by atoms with Gasteiger partial charge in [0.25, 0.3) is 0 Å². The summed E-state index contributed by atoms with van der Waals surface area (Å²) in [6.45, 7) is 6.81. The molecule has 4 heteroatoms. The van der Waals surface area contributed by atoms with E-state index in [9.17, 15) is 14.7 Å². The van der Waals surface area contributed by atoms with Crippen molar-refractivity contribution in [1.29, 1.82) is 0 Å². The van der Waals surface area contributed by atoms with Gasteiger partial charge in [0.05, 0.1) is 12.7 Å². The number of ketones is 1. The van der Waals surface area contributed by atoms with Crippen molar-refractivity contribution in [1.82, 2.24) is 0 Å². The lowest BCUT2D eigenvalue weighted by molar-refractivity contribution is -0.153. The molecule has 1 unspecified atom stereocenters. The standard InChI is InChI=1S/C24H42O4/c1-4-6-11-19(3)12-10-13-20-16-17-22(25)21(20)14-8-7-9-15-23(26)24(27)28-18-5-2/h13,19,21-22,25H,4-12,14-18H2,1-3H3/t19?,21-,22-/m1/s1. The Morgan fingerprint density at radius 3 is 2.64 bits per heavy atom. The molecule has 0 saturated heterocycles. The van der Waals surface area contributed by atoms with Gasteiger partial charge in [-0.15, -0.1) is 0 Å². The van der Waals surface area contributed by atoms with E-state index < -0.39 is 11.8 Å². The zero-order chi connectivity index (χ0) is 20.8. The maximum Gasteiger partial charge on any atom is 0.374 e. The van der Waals surface area contributed by atoms with E-state index in [1.165, 1.54) is 31.3 Å². The van der Waals surface area contributed by atoms with Crippen molar-refractivity contribution in [2.24, 2.45) is 11.8 Å². The molecule has 0 spiro atoms. The smallest absolute Gasteiger partial charge is 0.374 e. The number of ether oxygens (including phenoxy) is 1. The molecule has 0 aromatic rings. The molecular formula is C24H42O4. The van der Waals surface area contributed by atoms with Crippen molar-refractivity contribution < 1.29 is 19.4 Å². The Bertz CT molecular complexity index is 483. The SMILES string of the molecule is CCCCC(C)CCC=C1CC[C@@H](O)[C@@H]1CCCCCC(=O)C(=O)OCCC. The number of aliphatic hydroxyl groups excluding tert-OH is 1. The van der Waals surface area contributed by atoms with Gasteiger partial charge < -0.3 is 9.84 Å². The fraction of sp³-hybridized carbons (Fsp3) is 0.833. The molecule has 0 heterocycles. The summed E-state index contributed by atoms with van der Waals surface area (Å²) >= 11 is 0. The molecule has 1 fully saturated rings. The van der Waals surface area contributed by atoms with E-state index in [1.807, 2.05) is 6.92 Å². The van der Waals surface area contributed by atoms with E-state index in [4.69, 9.17) is 4.74 Å². The van der Waals surface area contributed by atoms with Crippen molar-refractivity contribution in [3.63, 3.8) is 0 Å². The Hall–Kier alpha value is -1.16. The maximum absolute atomic E-state index is 11.7. The average molecular weight is 395 g/mol. The molecule has 1 aliphatic carbocycles. The number of unbranched alkanes of at least 4 members (excludes halogenated alkanes) is 3. The Balaban J connectivity index is 2.26. The van der Waals surface area contributed by atoms with Crippen LogP contribution < -0.4 is 0 Å². The highest BCUT2D eigenvalue weighted by atomic mass is 16.5. The van der Waals surface area contributed by atoms with E-state index in [-0.39, 0.29) is 18.4 Å². The van der Waals surface area contributed by atoms with Crippen LogP contribution in [0.4, 0.5) is 0 Å². The third-order valence-corrected chi connectivity index (χ3v) is 5.87. The highest BCUT2D eigenvalue weighted by molar-refractivity contribution is 6.33. The number of carbonyl (C=O) groups is 2. The number of rotatable bonds is 15. The van der Waals surface area contributed by atoms with Gasteiger partial charge in [0.15, 0.2) is 0 Å². The lowest BCUT2D eigenvalue weighted by Gasteiger charge is -2.17. The summed E-state index contributed by atoms with van der Waals surface area (Å²) < 4.78 is 4.87. The molecule has 1 saturated carbocycles. The van der Waals surface area contributed by atoms with Crippen LogP contribution in [0.15, 0.2) is 11.6 Å². The zero-order valence-electron chi connectivity index (χ0n) is 18.4. The minimum absolute atomic E-state index is 0.214. The van der Waals surface area contributed by atoms with Gasteiger partial charge in [-0.1, -0.05) is 64.5 Å². The maximum atomic E-state index is 11.7. The largest absolute Gasteiger partial charge is 0.460 e. The summed E-state index contributed by atoms with van der Waals surface area (Å²) in [5, 5.41) is 10.3. The molecule has 0 aromatic carbocycles. The molecular weight excluding hydrogens is 352 g/mol. The van der Waals surface area contributed by atoms with Crippen LogP contribution in [0.1, 0.15) is 104 Å². The summed E-state index contributed by atoms with van der Waals surface area (Å²) in [6, 6.07) is 0. The van der Waals surface area contributed by atoms with Crippen LogP contribution >= 0.6 is 0 Å².